The Morgan fingerprint density at radius 2 is 0.683 bits per heavy atom. The summed E-state index contributed by atoms with van der Waals surface area (Å²) in [4.78, 5) is 61.9. The van der Waals surface area contributed by atoms with Crippen molar-refractivity contribution in [2.45, 2.75) is 147 Å². The third kappa shape index (κ3) is 17.0. The van der Waals surface area contributed by atoms with Crippen molar-refractivity contribution in [2.75, 3.05) is 48.6 Å². The zero-order chi connectivity index (χ0) is 43.6. The summed E-state index contributed by atoms with van der Waals surface area (Å²) in [5, 5.41) is 0. The highest BCUT2D eigenvalue weighted by Crippen LogP contribution is 2.25. The summed E-state index contributed by atoms with van der Waals surface area (Å²) >= 11 is 0. The van der Waals surface area contributed by atoms with E-state index in [0.717, 1.165) is 70.3 Å². The standard InChI is InChI=1S/C22H35NO5Si.C21H33NO5Si.C3H6/c1-26-29(27-2,28-3)18-14-10-8-6-4-5-7-9-13-17-23-21(24)19-15-11-12-16-20(19)22(23)25;1-26-28(25,27-2)17-13-9-7-5-3-4-6-8-12-16-22-20(23)18-14-10-11-15-19(18)21(22)24;1-2-3-1/h11-12,15-16H,4-10,13-14,17-18H2,1-3H3;10-11,14-15,25H,3-9,12-13,16-17H2,1-2H3;1-3H2. The molecule has 2 aliphatic heterocycles. The van der Waals surface area contributed by atoms with Gasteiger partial charge in [0.15, 0.2) is 0 Å². The van der Waals surface area contributed by atoms with Gasteiger partial charge in [-0.25, -0.2) is 0 Å². The second-order valence-corrected chi connectivity index (χ2v) is 21.8. The van der Waals surface area contributed by atoms with E-state index in [-0.39, 0.29) is 23.6 Å². The predicted octanol–water partition coefficient (Wildman–Crippen LogP) is 9.86. The molecule has 0 saturated heterocycles. The molecular weight excluding hydrogens is 797 g/mol. The minimum Gasteiger partial charge on any atom is -0.390 e. The van der Waals surface area contributed by atoms with Crippen LogP contribution < -0.4 is 0 Å². The fourth-order valence-electron chi connectivity index (χ4n) is 7.43. The first kappa shape index (κ1) is 51.3. The predicted molar refractivity (Wildman–Crippen MR) is 239 cm³/mol. The summed E-state index contributed by atoms with van der Waals surface area (Å²) in [6.45, 7) is 1.04. The molecule has 1 aliphatic carbocycles. The number of amides is 4. The van der Waals surface area contributed by atoms with E-state index in [1.165, 1.54) is 94.6 Å². The van der Waals surface area contributed by atoms with E-state index in [4.69, 9.17) is 22.1 Å². The third-order valence-corrected chi connectivity index (χ3v) is 16.5. The number of benzene rings is 2. The van der Waals surface area contributed by atoms with Crippen molar-refractivity contribution in [1.82, 2.24) is 9.80 Å². The molecule has 3 aliphatic rings. The molecule has 2 aromatic carbocycles. The summed E-state index contributed by atoms with van der Waals surface area (Å²) in [6.07, 6.45) is 24.5. The molecule has 1 N–H and O–H groups in total. The molecule has 2 aromatic rings. The zero-order valence-electron chi connectivity index (χ0n) is 37.3. The van der Waals surface area contributed by atoms with Gasteiger partial charge in [0, 0.05) is 60.7 Å². The van der Waals surface area contributed by atoms with Gasteiger partial charge in [-0.3, -0.25) is 29.0 Å². The lowest BCUT2D eigenvalue weighted by molar-refractivity contribution is 0.0636. The lowest BCUT2D eigenvalue weighted by Crippen LogP contribution is -2.42. The fraction of sp³-hybridized carbons (Fsp3) is 0.652. The van der Waals surface area contributed by atoms with Crippen LogP contribution in [0.15, 0.2) is 48.5 Å². The van der Waals surface area contributed by atoms with Crippen molar-refractivity contribution in [3.63, 3.8) is 0 Å². The highest BCUT2D eigenvalue weighted by Gasteiger charge is 2.37. The van der Waals surface area contributed by atoms with Crippen molar-refractivity contribution in [3.05, 3.63) is 70.8 Å². The average Bonchev–Trinajstić information content (AvgIpc) is 4.13. The molecule has 12 nitrogen and oxygen atoms in total. The van der Waals surface area contributed by atoms with Gasteiger partial charge >= 0.3 is 17.6 Å². The molecule has 4 amide bonds. The van der Waals surface area contributed by atoms with Crippen LogP contribution >= 0.6 is 0 Å². The first-order valence-corrected chi connectivity index (χ1v) is 26.4. The molecule has 0 unspecified atom stereocenters. The van der Waals surface area contributed by atoms with Crippen LogP contribution in [0.4, 0.5) is 0 Å². The Kier molecular flexibility index (Phi) is 24.4. The molecule has 0 atom stereocenters. The van der Waals surface area contributed by atoms with Crippen LogP contribution in [0.1, 0.15) is 176 Å². The van der Waals surface area contributed by atoms with Gasteiger partial charge in [-0.15, -0.1) is 0 Å². The molecule has 0 aromatic heterocycles. The molecule has 0 bridgehead atoms. The van der Waals surface area contributed by atoms with Crippen molar-refractivity contribution < 1.29 is 46.1 Å². The highest BCUT2D eigenvalue weighted by atomic mass is 28.4. The Balaban J connectivity index is 0.000000299. The molecule has 1 fully saturated rings. The van der Waals surface area contributed by atoms with E-state index in [1.54, 1.807) is 69.9 Å². The van der Waals surface area contributed by atoms with Crippen molar-refractivity contribution in [3.8, 4) is 0 Å². The second kappa shape index (κ2) is 28.5. The molecule has 336 valence electrons. The second-order valence-electron chi connectivity index (χ2n) is 16.0. The van der Waals surface area contributed by atoms with E-state index in [9.17, 15) is 24.0 Å². The van der Waals surface area contributed by atoms with E-state index >= 15 is 0 Å². The first-order valence-electron chi connectivity index (χ1n) is 22.5. The van der Waals surface area contributed by atoms with Crippen LogP contribution in [0.2, 0.25) is 12.1 Å². The molecule has 60 heavy (non-hydrogen) atoms. The fourth-order valence-corrected chi connectivity index (χ4v) is 10.5. The summed E-state index contributed by atoms with van der Waals surface area (Å²) in [7, 11) is 2.71. The number of fused-ring (bicyclic) bond motifs is 2. The van der Waals surface area contributed by atoms with Gasteiger partial charge in [0.2, 0.25) is 0 Å². The largest absolute Gasteiger partial charge is 0.500 e. The van der Waals surface area contributed by atoms with Crippen LogP contribution in [0.25, 0.3) is 0 Å². The quantitative estimate of drug-likeness (QED) is 0.0477. The van der Waals surface area contributed by atoms with Crippen LogP contribution in [0, 0.1) is 0 Å². The zero-order valence-corrected chi connectivity index (χ0v) is 39.3. The maximum absolute atomic E-state index is 12.3. The lowest BCUT2D eigenvalue weighted by Gasteiger charge is -2.24. The summed E-state index contributed by atoms with van der Waals surface area (Å²) < 4.78 is 26.4. The topological polar surface area (TPSA) is 141 Å². The summed E-state index contributed by atoms with van der Waals surface area (Å²) in [5.41, 5.74) is 2.15. The van der Waals surface area contributed by atoms with Gasteiger partial charge < -0.3 is 26.9 Å². The van der Waals surface area contributed by atoms with Crippen LogP contribution in [-0.2, 0) is 22.1 Å². The van der Waals surface area contributed by atoms with Gasteiger partial charge in [0.25, 0.3) is 23.6 Å². The van der Waals surface area contributed by atoms with Crippen molar-refractivity contribution >= 4 is 41.2 Å². The average molecular weight is 871 g/mol. The van der Waals surface area contributed by atoms with Crippen LogP contribution in [-0.4, -0.2) is 104 Å². The van der Waals surface area contributed by atoms with Crippen molar-refractivity contribution in [1.29, 1.82) is 0 Å². The van der Waals surface area contributed by atoms with Gasteiger partial charge in [-0.2, -0.15) is 0 Å². The minimum atomic E-state index is -2.88. The van der Waals surface area contributed by atoms with Crippen LogP contribution in [0.3, 0.4) is 0 Å². The SMILES string of the molecule is C1CC1.CO[Si](CCCCCCCCCCCN1C(=O)c2ccccc2C1=O)(OC)OC.CO[Si](O)(CCCCCCCCCCCN1C(=O)c2ccccc2C1=O)OC. The molecular formula is C46H74N2O10Si2. The highest BCUT2D eigenvalue weighted by molar-refractivity contribution is 6.60. The summed E-state index contributed by atoms with van der Waals surface area (Å²) in [6, 6.07) is 15.6. The number of hydrogen-bond acceptors (Lipinski definition) is 10. The maximum atomic E-state index is 12.3. The number of carbonyl (C=O) groups excluding carboxylic acids is 4. The van der Waals surface area contributed by atoms with E-state index in [0.29, 0.717) is 41.4 Å². The Bertz CT molecular complexity index is 1500. The van der Waals surface area contributed by atoms with E-state index < -0.39 is 17.6 Å². The number of hydrogen-bond donors (Lipinski definition) is 1. The molecule has 0 spiro atoms. The maximum Gasteiger partial charge on any atom is 0.500 e. The molecule has 5 rings (SSSR count). The Morgan fingerprint density at radius 3 is 0.950 bits per heavy atom. The van der Waals surface area contributed by atoms with Crippen molar-refractivity contribution in [2.24, 2.45) is 0 Å². The number of carbonyl (C=O) groups is 4. The third-order valence-electron chi connectivity index (χ3n) is 11.4. The molecule has 0 radical (unpaired) electrons. The Labute approximate surface area is 362 Å². The van der Waals surface area contributed by atoms with Gasteiger partial charge in [0.1, 0.15) is 0 Å². The number of rotatable bonds is 29. The lowest BCUT2D eigenvalue weighted by atomic mass is 10.1. The normalized spacial score (nSPS) is 14.5. The van der Waals surface area contributed by atoms with E-state index in [1.807, 2.05) is 0 Å². The van der Waals surface area contributed by atoms with Crippen LogP contribution in [0.5, 0.6) is 0 Å². The van der Waals surface area contributed by atoms with E-state index in [2.05, 4.69) is 0 Å². The number of imide groups is 2. The Hall–Kier alpha value is -3.09. The molecule has 1 saturated carbocycles. The van der Waals surface area contributed by atoms with Gasteiger partial charge in [-0.05, 0) is 49.9 Å². The summed E-state index contributed by atoms with van der Waals surface area (Å²) in [5.74, 6) is -0.601. The number of nitrogens with zero attached hydrogens (tertiary/aromatic N) is 2. The smallest absolute Gasteiger partial charge is 0.390 e. The first-order chi connectivity index (χ1) is 29.1. The van der Waals surface area contributed by atoms with Gasteiger partial charge in [0.05, 0.1) is 22.3 Å². The van der Waals surface area contributed by atoms with Gasteiger partial charge in [-0.1, -0.05) is 133 Å². The number of unbranched alkanes of at least 4 members (excludes halogenated alkanes) is 16. The monoisotopic (exact) mass is 870 g/mol. The minimum absolute atomic E-state index is 0.145. The molecule has 2 heterocycles. The molecule has 14 heteroatoms. The Morgan fingerprint density at radius 1 is 0.417 bits per heavy atom.